The molecule has 5 nitrogen and oxygen atoms in total. The fraction of sp³-hybridized carbons (Fsp3) is 0.333. The van der Waals surface area contributed by atoms with E-state index in [4.69, 9.17) is 0 Å². The van der Waals surface area contributed by atoms with Crippen molar-refractivity contribution in [2.75, 3.05) is 13.1 Å². The van der Waals surface area contributed by atoms with Crippen molar-refractivity contribution in [3.8, 4) is 0 Å². The molecule has 0 fully saturated rings. The summed E-state index contributed by atoms with van der Waals surface area (Å²) >= 11 is 1.85. The number of nitrogens with one attached hydrogen (secondary N) is 2. The number of thiophene rings is 1. The lowest BCUT2D eigenvalue weighted by Gasteiger charge is -2.32. The second-order valence-corrected chi connectivity index (χ2v) is 7.28. The third-order valence-electron chi connectivity index (χ3n) is 4.70. The summed E-state index contributed by atoms with van der Waals surface area (Å²) in [6.45, 7) is 4.87. The van der Waals surface area contributed by atoms with E-state index in [0.717, 1.165) is 30.5 Å². The van der Waals surface area contributed by atoms with Crippen molar-refractivity contribution in [3.05, 3.63) is 52.0 Å². The van der Waals surface area contributed by atoms with E-state index >= 15 is 0 Å². The largest absolute Gasteiger partial charge is 0.350 e. The van der Waals surface area contributed by atoms with E-state index < -0.39 is 0 Å². The van der Waals surface area contributed by atoms with Crippen LogP contribution in [0.1, 0.15) is 27.7 Å². The number of aromatic amines is 1. The molecule has 1 aliphatic rings. The van der Waals surface area contributed by atoms with Crippen LogP contribution < -0.4 is 5.32 Å². The van der Waals surface area contributed by atoms with E-state index in [-0.39, 0.29) is 5.91 Å². The second kappa shape index (κ2) is 6.37. The summed E-state index contributed by atoms with van der Waals surface area (Å²) in [5.41, 5.74) is 3.86. The molecule has 1 amide bonds. The summed E-state index contributed by atoms with van der Waals surface area (Å²) in [5, 5.41) is 5.23. The van der Waals surface area contributed by atoms with Crippen LogP contribution in [0.2, 0.25) is 0 Å². The molecule has 2 aromatic heterocycles. The predicted octanol–water partition coefficient (Wildman–Crippen LogP) is 2.80. The number of amides is 1. The van der Waals surface area contributed by atoms with Gasteiger partial charge in [-0.1, -0.05) is 0 Å². The van der Waals surface area contributed by atoms with Crippen LogP contribution in [0.25, 0.3) is 11.0 Å². The number of imidazole rings is 1. The van der Waals surface area contributed by atoms with Crippen LogP contribution in [0.5, 0.6) is 0 Å². The van der Waals surface area contributed by atoms with Gasteiger partial charge in [-0.15, -0.1) is 11.3 Å². The molecule has 1 aromatic carbocycles. The number of nitrogens with zero attached hydrogens (tertiary/aromatic N) is 2. The van der Waals surface area contributed by atoms with Crippen molar-refractivity contribution in [3.63, 3.8) is 0 Å². The smallest absolute Gasteiger partial charge is 0.251 e. The zero-order valence-corrected chi connectivity index (χ0v) is 14.4. The summed E-state index contributed by atoms with van der Waals surface area (Å²) in [5.74, 6) is -0.0356. The van der Waals surface area contributed by atoms with Gasteiger partial charge in [-0.3, -0.25) is 9.69 Å². The Labute approximate surface area is 144 Å². The van der Waals surface area contributed by atoms with E-state index in [1.54, 1.807) is 6.33 Å². The molecule has 6 heteroatoms. The number of hydrogen-bond acceptors (Lipinski definition) is 4. The molecule has 24 heavy (non-hydrogen) atoms. The minimum Gasteiger partial charge on any atom is -0.350 e. The molecule has 0 saturated carbocycles. The van der Waals surface area contributed by atoms with Gasteiger partial charge in [0.25, 0.3) is 5.91 Å². The van der Waals surface area contributed by atoms with Crippen LogP contribution in [-0.4, -0.2) is 39.9 Å². The number of carbonyl (C=O) groups excluding carboxylic acids is 1. The van der Waals surface area contributed by atoms with E-state index in [0.29, 0.717) is 18.2 Å². The van der Waals surface area contributed by atoms with E-state index in [2.05, 4.69) is 38.6 Å². The number of hydrogen-bond donors (Lipinski definition) is 2. The molecule has 3 aromatic rings. The first kappa shape index (κ1) is 15.4. The third kappa shape index (κ3) is 2.95. The Bertz CT molecular complexity index is 869. The van der Waals surface area contributed by atoms with Crippen LogP contribution >= 0.6 is 11.3 Å². The molecule has 1 atom stereocenters. The van der Waals surface area contributed by atoms with Crippen molar-refractivity contribution in [1.82, 2.24) is 20.2 Å². The highest BCUT2D eigenvalue weighted by molar-refractivity contribution is 7.10. The number of aromatic nitrogens is 2. The maximum Gasteiger partial charge on any atom is 0.251 e. The summed E-state index contributed by atoms with van der Waals surface area (Å²) in [6, 6.07) is 8.07. The lowest BCUT2D eigenvalue weighted by Crippen LogP contribution is -2.44. The van der Waals surface area contributed by atoms with Gasteiger partial charge in [-0.2, -0.15) is 0 Å². The van der Waals surface area contributed by atoms with Gasteiger partial charge < -0.3 is 10.3 Å². The van der Waals surface area contributed by atoms with E-state index in [1.165, 1.54) is 10.4 Å². The zero-order valence-electron chi connectivity index (χ0n) is 13.6. The Balaban J connectivity index is 1.36. The quantitative estimate of drug-likeness (QED) is 0.768. The van der Waals surface area contributed by atoms with Gasteiger partial charge in [0, 0.05) is 36.1 Å². The average molecular weight is 340 g/mol. The number of carbonyl (C=O) groups is 1. The Morgan fingerprint density at radius 3 is 3.29 bits per heavy atom. The van der Waals surface area contributed by atoms with Gasteiger partial charge in [-0.25, -0.2) is 4.98 Å². The van der Waals surface area contributed by atoms with Crippen molar-refractivity contribution in [2.24, 2.45) is 0 Å². The van der Waals surface area contributed by atoms with Gasteiger partial charge >= 0.3 is 0 Å². The Kier molecular flexibility index (Phi) is 4.08. The van der Waals surface area contributed by atoms with Crippen LogP contribution in [0.15, 0.2) is 36.0 Å². The fourth-order valence-corrected chi connectivity index (χ4v) is 4.08. The van der Waals surface area contributed by atoms with Gasteiger partial charge in [0.2, 0.25) is 0 Å². The van der Waals surface area contributed by atoms with Crippen molar-refractivity contribution in [2.45, 2.75) is 25.9 Å². The molecular formula is C18H20N4OS. The Morgan fingerprint density at radius 1 is 1.46 bits per heavy atom. The van der Waals surface area contributed by atoms with Gasteiger partial charge in [0.05, 0.1) is 17.4 Å². The monoisotopic (exact) mass is 340 g/mol. The maximum atomic E-state index is 12.4. The van der Waals surface area contributed by atoms with Gasteiger partial charge in [-0.05, 0) is 48.6 Å². The summed E-state index contributed by atoms with van der Waals surface area (Å²) in [7, 11) is 0. The summed E-state index contributed by atoms with van der Waals surface area (Å²) in [4.78, 5) is 23.6. The molecule has 0 aliphatic carbocycles. The summed E-state index contributed by atoms with van der Waals surface area (Å²) < 4.78 is 0. The normalized spacial score (nSPS) is 16.0. The van der Waals surface area contributed by atoms with Crippen LogP contribution in [-0.2, 0) is 13.0 Å². The second-order valence-electron chi connectivity index (χ2n) is 6.28. The van der Waals surface area contributed by atoms with Crippen LogP contribution in [0.3, 0.4) is 0 Å². The third-order valence-corrected chi connectivity index (χ3v) is 5.72. The van der Waals surface area contributed by atoms with Crippen molar-refractivity contribution >= 4 is 28.3 Å². The maximum absolute atomic E-state index is 12.4. The molecule has 0 saturated heterocycles. The van der Waals surface area contributed by atoms with Gasteiger partial charge in [0.1, 0.15) is 0 Å². The standard InChI is InChI=1S/C18H20N4OS/c1-12(22-6-4-17-14(10-22)5-7-24-17)9-19-18(23)13-2-3-15-16(8-13)21-11-20-15/h2-3,5,7-8,11-12H,4,6,9-10H2,1H3,(H,19,23)(H,20,21)/t12-/m1/s1. The molecule has 124 valence electrons. The number of benzene rings is 1. The molecule has 0 spiro atoms. The molecule has 2 N–H and O–H groups in total. The Morgan fingerprint density at radius 2 is 2.38 bits per heavy atom. The first-order valence-corrected chi connectivity index (χ1v) is 9.09. The van der Waals surface area contributed by atoms with E-state index in [9.17, 15) is 4.79 Å². The van der Waals surface area contributed by atoms with Crippen LogP contribution in [0, 0.1) is 0 Å². The highest BCUT2D eigenvalue weighted by Gasteiger charge is 2.21. The minimum atomic E-state index is -0.0356. The lowest BCUT2D eigenvalue weighted by molar-refractivity contribution is 0.0933. The topological polar surface area (TPSA) is 61.0 Å². The molecule has 0 bridgehead atoms. The fourth-order valence-electron chi connectivity index (χ4n) is 3.19. The number of H-pyrrole nitrogens is 1. The molecule has 4 rings (SSSR count). The number of rotatable bonds is 4. The predicted molar refractivity (Wildman–Crippen MR) is 96.3 cm³/mol. The number of fused-ring (bicyclic) bond motifs is 2. The van der Waals surface area contributed by atoms with Crippen molar-refractivity contribution < 1.29 is 4.79 Å². The average Bonchev–Trinajstić information content (AvgIpc) is 3.26. The highest BCUT2D eigenvalue weighted by atomic mass is 32.1. The lowest BCUT2D eigenvalue weighted by atomic mass is 10.1. The first-order chi connectivity index (χ1) is 11.7. The molecular weight excluding hydrogens is 320 g/mol. The molecule has 1 aliphatic heterocycles. The SMILES string of the molecule is C[C@H](CNC(=O)c1ccc2nc[nH]c2c1)N1CCc2sccc2C1. The molecule has 3 heterocycles. The zero-order chi connectivity index (χ0) is 16.5. The van der Waals surface area contributed by atoms with Gasteiger partial charge in [0.15, 0.2) is 0 Å². The van der Waals surface area contributed by atoms with E-state index in [1.807, 2.05) is 29.5 Å². The highest BCUT2D eigenvalue weighted by Crippen LogP contribution is 2.25. The van der Waals surface area contributed by atoms with Crippen molar-refractivity contribution in [1.29, 1.82) is 0 Å². The minimum absolute atomic E-state index is 0.0356. The van der Waals surface area contributed by atoms with Crippen LogP contribution in [0.4, 0.5) is 0 Å². The molecule has 0 radical (unpaired) electrons. The molecule has 0 unspecified atom stereocenters. The first-order valence-electron chi connectivity index (χ1n) is 8.21. The Hall–Kier alpha value is -2.18. The summed E-state index contributed by atoms with van der Waals surface area (Å²) in [6.07, 6.45) is 2.76.